The molecule has 0 unspecified atom stereocenters. The lowest BCUT2D eigenvalue weighted by atomic mass is 9.98. The van der Waals surface area contributed by atoms with Crippen molar-refractivity contribution in [3.63, 3.8) is 0 Å². The summed E-state index contributed by atoms with van der Waals surface area (Å²) in [5.41, 5.74) is 2.34. The maximum Gasteiger partial charge on any atom is 0.104 e. The molecule has 1 aliphatic rings. The Hall–Kier alpha value is -1.04. The number of allylic oxidation sites excluding steroid dienone is 2. The normalized spacial score (nSPS) is 14.1. The second-order valence-corrected chi connectivity index (χ2v) is 3.87. The molecule has 0 aromatic carbocycles. The van der Waals surface area contributed by atoms with E-state index in [1.807, 2.05) is 0 Å². The standard InChI is InChI=1S/C11H10OS/c12-7-2-4-9-3-1-5-11-10(9)6-8-13-11/h3,6,8,12H,1,5,7H2. The highest BCUT2D eigenvalue weighted by molar-refractivity contribution is 7.10. The smallest absolute Gasteiger partial charge is 0.104 e. The van der Waals surface area contributed by atoms with Gasteiger partial charge < -0.3 is 5.11 Å². The minimum atomic E-state index is -0.0587. The quantitative estimate of drug-likeness (QED) is 0.621. The Labute approximate surface area is 81.7 Å². The lowest BCUT2D eigenvalue weighted by Crippen LogP contribution is -1.93. The molecule has 1 aromatic rings. The van der Waals surface area contributed by atoms with E-state index in [2.05, 4.69) is 29.4 Å². The Morgan fingerprint density at radius 2 is 2.46 bits per heavy atom. The van der Waals surface area contributed by atoms with Gasteiger partial charge in [-0.2, -0.15) is 0 Å². The van der Waals surface area contributed by atoms with Crippen molar-refractivity contribution < 1.29 is 5.11 Å². The predicted octanol–water partition coefficient (Wildman–Crippen LogP) is 2.07. The molecule has 0 aliphatic heterocycles. The molecule has 0 fully saturated rings. The van der Waals surface area contributed by atoms with Crippen LogP contribution in [0.4, 0.5) is 0 Å². The van der Waals surface area contributed by atoms with Crippen molar-refractivity contribution in [3.05, 3.63) is 28.0 Å². The van der Waals surface area contributed by atoms with Crippen molar-refractivity contribution in [1.29, 1.82) is 0 Å². The van der Waals surface area contributed by atoms with Crippen molar-refractivity contribution >= 4 is 16.9 Å². The number of hydrogen-bond donors (Lipinski definition) is 1. The van der Waals surface area contributed by atoms with Gasteiger partial charge in [-0.05, 0) is 24.3 Å². The van der Waals surface area contributed by atoms with E-state index in [-0.39, 0.29) is 6.61 Å². The molecule has 0 bridgehead atoms. The van der Waals surface area contributed by atoms with Gasteiger partial charge in [0.2, 0.25) is 0 Å². The van der Waals surface area contributed by atoms with Gasteiger partial charge in [-0.25, -0.2) is 0 Å². The van der Waals surface area contributed by atoms with E-state index in [1.165, 1.54) is 10.4 Å². The van der Waals surface area contributed by atoms with Crippen molar-refractivity contribution in [2.24, 2.45) is 0 Å². The number of aliphatic hydroxyl groups excluding tert-OH is 1. The highest BCUT2D eigenvalue weighted by Crippen LogP contribution is 2.29. The first-order valence-electron chi connectivity index (χ1n) is 4.28. The van der Waals surface area contributed by atoms with Crippen LogP contribution in [0.3, 0.4) is 0 Å². The maximum atomic E-state index is 8.60. The summed E-state index contributed by atoms with van der Waals surface area (Å²) < 4.78 is 0. The van der Waals surface area contributed by atoms with Crippen LogP contribution >= 0.6 is 11.3 Å². The average Bonchev–Trinajstić information content (AvgIpc) is 2.62. The third-order valence-electron chi connectivity index (χ3n) is 2.06. The predicted molar refractivity (Wildman–Crippen MR) is 55.5 cm³/mol. The van der Waals surface area contributed by atoms with Crippen molar-refractivity contribution in [1.82, 2.24) is 0 Å². The van der Waals surface area contributed by atoms with E-state index >= 15 is 0 Å². The zero-order valence-corrected chi connectivity index (χ0v) is 8.03. The fourth-order valence-electron chi connectivity index (χ4n) is 1.48. The first-order valence-corrected chi connectivity index (χ1v) is 5.16. The van der Waals surface area contributed by atoms with Crippen molar-refractivity contribution in [2.45, 2.75) is 12.8 Å². The molecule has 0 radical (unpaired) electrons. The van der Waals surface area contributed by atoms with Gasteiger partial charge in [0.1, 0.15) is 6.61 Å². The van der Waals surface area contributed by atoms with Crippen LogP contribution in [0.15, 0.2) is 17.5 Å². The Morgan fingerprint density at radius 3 is 3.31 bits per heavy atom. The highest BCUT2D eigenvalue weighted by atomic mass is 32.1. The summed E-state index contributed by atoms with van der Waals surface area (Å²) in [4.78, 5) is 1.42. The molecule has 1 aliphatic carbocycles. The van der Waals surface area contributed by atoms with Gasteiger partial charge in [0.25, 0.3) is 0 Å². The molecule has 0 spiro atoms. The van der Waals surface area contributed by atoms with Crippen LogP contribution < -0.4 is 0 Å². The average molecular weight is 190 g/mol. The van der Waals surface area contributed by atoms with Crippen molar-refractivity contribution in [3.8, 4) is 11.8 Å². The second kappa shape index (κ2) is 3.78. The Kier molecular flexibility index (Phi) is 2.49. The first-order chi connectivity index (χ1) is 6.42. The monoisotopic (exact) mass is 190 g/mol. The van der Waals surface area contributed by atoms with Crippen LogP contribution in [0.1, 0.15) is 16.9 Å². The number of aryl methyl sites for hydroxylation is 1. The van der Waals surface area contributed by atoms with Crippen LogP contribution in [0.25, 0.3) is 5.57 Å². The maximum absolute atomic E-state index is 8.60. The number of rotatable bonds is 0. The molecule has 2 heteroatoms. The molecule has 1 aromatic heterocycles. The highest BCUT2D eigenvalue weighted by Gasteiger charge is 2.11. The summed E-state index contributed by atoms with van der Waals surface area (Å²) in [6.07, 6.45) is 4.36. The second-order valence-electron chi connectivity index (χ2n) is 2.87. The third-order valence-corrected chi connectivity index (χ3v) is 3.04. The van der Waals surface area contributed by atoms with Crippen LogP contribution in [-0.2, 0) is 6.42 Å². The van der Waals surface area contributed by atoms with Crippen LogP contribution in [0.2, 0.25) is 0 Å². The molecule has 0 amide bonds. The number of thiophene rings is 1. The fraction of sp³-hybridized carbons (Fsp3) is 0.273. The molecule has 0 atom stereocenters. The molecule has 0 saturated carbocycles. The van der Waals surface area contributed by atoms with Gasteiger partial charge in [0, 0.05) is 16.0 Å². The molecule has 1 heterocycles. The first kappa shape index (κ1) is 8.55. The van der Waals surface area contributed by atoms with E-state index in [9.17, 15) is 0 Å². The van der Waals surface area contributed by atoms with Gasteiger partial charge in [0.15, 0.2) is 0 Å². The SMILES string of the molecule is OCC#CC1=CCCc2sccc21. The molecule has 0 saturated heterocycles. The van der Waals surface area contributed by atoms with Crippen molar-refractivity contribution in [2.75, 3.05) is 6.61 Å². The van der Waals surface area contributed by atoms with E-state index in [0.717, 1.165) is 18.4 Å². The lowest BCUT2D eigenvalue weighted by Gasteiger charge is -2.07. The van der Waals surface area contributed by atoms with Gasteiger partial charge in [-0.15, -0.1) is 11.3 Å². The van der Waals surface area contributed by atoms with E-state index in [0.29, 0.717) is 0 Å². The summed E-state index contributed by atoms with van der Waals surface area (Å²) >= 11 is 1.79. The molecule has 1 nitrogen and oxygen atoms in total. The van der Waals surface area contributed by atoms with Gasteiger partial charge in [-0.1, -0.05) is 17.9 Å². The molecule has 13 heavy (non-hydrogen) atoms. The summed E-state index contributed by atoms with van der Waals surface area (Å²) in [7, 11) is 0. The van der Waals surface area contributed by atoms with Crippen LogP contribution in [0.5, 0.6) is 0 Å². The lowest BCUT2D eigenvalue weighted by molar-refractivity contribution is 0.350. The van der Waals surface area contributed by atoms with Gasteiger partial charge in [0.05, 0.1) is 0 Å². The van der Waals surface area contributed by atoms with E-state index < -0.39 is 0 Å². The topological polar surface area (TPSA) is 20.2 Å². The largest absolute Gasteiger partial charge is 0.384 e. The van der Waals surface area contributed by atoms with Gasteiger partial charge in [-0.3, -0.25) is 0 Å². The Morgan fingerprint density at radius 1 is 1.54 bits per heavy atom. The zero-order chi connectivity index (χ0) is 9.10. The Bertz CT molecular complexity index is 390. The summed E-state index contributed by atoms with van der Waals surface area (Å²) in [5, 5.41) is 10.7. The third kappa shape index (κ3) is 1.67. The minimum Gasteiger partial charge on any atom is -0.384 e. The Balaban J connectivity index is 2.35. The number of fused-ring (bicyclic) bond motifs is 1. The van der Waals surface area contributed by atoms with Gasteiger partial charge >= 0.3 is 0 Å². The molecule has 66 valence electrons. The van der Waals surface area contributed by atoms with Crippen LogP contribution in [0, 0.1) is 11.8 Å². The van der Waals surface area contributed by atoms with Crippen LogP contribution in [-0.4, -0.2) is 11.7 Å². The summed E-state index contributed by atoms with van der Waals surface area (Å²) in [6, 6.07) is 2.11. The minimum absolute atomic E-state index is 0.0587. The summed E-state index contributed by atoms with van der Waals surface area (Å²) in [5.74, 6) is 5.67. The number of aliphatic hydroxyl groups is 1. The molecule has 2 rings (SSSR count). The molecule has 1 N–H and O–H groups in total. The summed E-state index contributed by atoms with van der Waals surface area (Å²) in [6.45, 7) is -0.0587. The van der Waals surface area contributed by atoms with E-state index in [1.54, 1.807) is 11.3 Å². The number of hydrogen-bond acceptors (Lipinski definition) is 2. The zero-order valence-electron chi connectivity index (χ0n) is 7.21. The fourth-order valence-corrected chi connectivity index (χ4v) is 2.39. The van der Waals surface area contributed by atoms with E-state index in [4.69, 9.17) is 5.11 Å². The molecular formula is C11H10OS. The molecular weight excluding hydrogens is 180 g/mol.